The molecule has 0 bridgehead atoms. The van der Waals surface area contributed by atoms with Crippen LogP contribution < -0.4 is 9.64 Å². The normalized spacial score (nSPS) is 21.3. The Kier molecular flexibility index (Phi) is 6.73. The summed E-state index contributed by atoms with van der Waals surface area (Å²) in [6, 6.07) is 3.89. The topological polar surface area (TPSA) is 89.5 Å². The first-order chi connectivity index (χ1) is 18.0. The molecule has 1 aromatic heterocycles. The Bertz CT molecular complexity index is 1300. The number of benzene rings is 1. The summed E-state index contributed by atoms with van der Waals surface area (Å²) < 4.78 is 21.3. The number of amides is 2. The molecule has 3 aliphatic rings. The summed E-state index contributed by atoms with van der Waals surface area (Å²) in [6.45, 7) is 10.4. The zero-order valence-electron chi connectivity index (χ0n) is 21.7. The lowest BCUT2D eigenvalue weighted by Crippen LogP contribution is -2.61. The fraction of sp³-hybridized carbons (Fsp3) is 0.444. The van der Waals surface area contributed by atoms with Crippen molar-refractivity contribution < 1.29 is 23.8 Å². The average Bonchev–Trinajstić information content (AvgIpc) is 3.06. The van der Waals surface area contributed by atoms with Crippen LogP contribution in [0.4, 0.5) is 10.2 Å². The zero-order chi connectivity index (χ0) is 27.4. The number of carbonyl (C=O) groups excluding carboxylic acids is 2. The molecule has 2 aromatic rings. The van der Waals surface area contributed by atoms with Crippen LogP contribution in [0.5, 0.6) is 11.5 Å². The molecule has 2 fully saturated rings. The SMILES string of the molecule is C=CC(=O)N1CCN2Cc3c(N4CC(=O)N(C)CC4(C)C)nc(-c4c(O)cccc4F)c(Cl)c3OCC2C1. The molecule has 0 aliphatic carbocycles. The number of aromatic nitrogens is 1. The molecule has 4 heterocycles. The second kappa shape index (κ2) is 9.74. The van der Waals surface area contributed by atoms with Gasteiger partial charge in [-0.1, -0.05) is 24.2 Å². The standard InChI is InChI=1S/C27H31ClFN5O4/c1-5-20(36)33-10-9-32-12-17-25(38-14-16(32)11-33)23(28)24(22-18(29)7-6-8-19(22)35)30-26(17)34-13-21(37)31(4)15-27(34,2)3/h5-8,16,35H,1,9-15H2,2-4H3. The second-order valence-corrected chi connectivity index (χ2v) is 11.0. The van der Waals surface area contributed by atoms with Gasteiger partial charge >= 0.3 is 0 Å². The first-order valence-corrected chi connectivity index (χ1v) is 12.9. The van der Waals surface area contributed by atoms with E-state index in [4.69, 9.17) is 21.3 Å². The van der Waals surface area contributed by atoms with Crippen LogP contribution in [0.1, 0.15) is 19.4 Å². The van der Waals surface area contributed by atoms with E-state index in [2.05, 4.69) is 11.5 Å². The Labute approximate surface area is 226 Å². The van der Waals surface area contributed by atoms with Crippen molar-refractivity contribution in [3.05, 3.63) is 47.3 Å². The van der Waals surface area contributed by atoms with Crippen molar-refractivity contribution in [3.63, 3.8) is 0 Å². The number of piperazine rings is 2. The minimum Gasteiger partial charge on any atom is -0.507 e. The van der Waals surface area contributed by atoms with Gasteiger partial charge in [0.2, 0.25) is 11.8 Å². The quantitative estimate of drug-likeness (QED) is 0.595. The van der Waals surface area contributed by atoms with Gasteiger partial charge in [0.15, 0.2) is 0 Å². The van der Waals surface area contributed by atoms with Crippen molar-refractivity contribution in [1.82, 2.24) is 19.7 Å². The monoisotopic (exact) mass is 543 g/mol. The number of likely N-dealkylation sites (N-methyl/N-ethyl adjacent to an activating group) is 1. The maximum atomic E-state index is 15.0. The smallest absolute Gasteiger partial charge is 0.246 e. The van der Waals surface area contributed by atoms with Crippen molar-refractivity contribution in [2.75, 3.05) is 51.3 Å². The van der Waals surface area contributed by atoms with E-state index >= 15 is 4.39 Å². The third kappa shape index (κ3) is 4.45. The van der Waals surface area contributed by atoms with Gasteiger partial charge in [0.05, 0.1) is 29.3 Å². The Morgan fingerprint density at radius 1 is 1.32 bits per heavy atom. The van der Waals surface area contributed by atoms with Gasteiger partial charge in [-0.3, -0.25) is 14.5 Å². The van der Waals surface area contributed by atoms with Crippen LogP contribution in [-0.2, 0) is 16.1 Å². The molecule has 11 heteroatoms. The molecule has 38 heavy (non-hydrogen) atoms. The molecule has 1 atom stereocenters. The van der Waals surface area contributed by atoms with Crippen molar-refractivity contribution in [1.29, 1.82) is 0 Å². The third-order valence-electron chi connectivity index (χ3n) is 7.60. The zero-order valence-corrected chi connectivity index (χ0v) is 22.5. The number of nitrogens with zero attached hydrogens (tertiary/aromatic N) is 5. The number of fused-ring (bicyclic) bond motifs is 2. The first kappa shape index (κ1) is 26.2. The van der Waals surface area contributed by atoms with E-state index in [1.807, 2.05) is 18.7 Å². The summed E-state index contributed by atoms with van der Waals surface area (Å²) in [6.07, 6.45) is 1.31. The van der Waals surface area contributed by atoms with Crippen LogP contribution >= 0.6 is 11.6 Å². The lowest BCUT2D eigenvalue weighted by Gasteiger charge is -2.47. The van der Waals surface area contributed by atoms with E-state index in [0.717, 1.165) is 0 Å². The van der Waals surface area contributed by atoms with Gasteiger partial charge in [0, 0.05) is 39.8 Å². The predicted molar refractivity (Wildman–Crippen MR) is 142 cm³/mol. The maximum absolute atomic E-state index is 15.0. The fourth-order valence-electron chi connectivity index (χ4n) is 5.55. The number of hydrogen-bond acceptors (Lipinski definition) is 7. The number of pyridine rings is 1. The molecule has 0 saturated carbocycles. The van der Waals surface area contributed by atoms with E-state index in [-0.39, 0.29) is 53.0 Å². The van der Waals surface area contributed by atoms with Gasteiger partial charge in [0.1, 0.15) is 40.5 Å². The highest BCUT2D eigenvalue weighted by Gasteiger charge is 2.42. The van der Waals surface area contributed by atoms with Crippen molar-refractivity contribution in [2.45, 2.75) is 32.0 Å². The minimum atomic E-state index is -0.677. The first-order valence-electron chi connectivity index (χ1n) is 12.5. The van der Waals surface area contributed by atoms with Gasteiger partial charge in [-0.2, -0.15) is 0 Å². The summed E-state index contributed by atoms with van der Waals surface area (Å²) in [5.74, 6) is -0.394. The summed E-state index contributed by atoms with van der Waals surface area (Å²) in [4.78, 5) is 37.5. The van der Waals surface area contributed by atoms with Crippen LogP contribution in [-0.4, -0.2) is 94.6 Å². The lowest BCUT2D eigenvalue weighted by atomic mass is 9.97. The number of ether oxygens (including phenoxy) is 1. The van der Waals surface area contributed by atoms with E-state index < -0.39 is 11.4 Å². The molecule has 5 rings (SSSR count). The summed E-state index contributed by atoms with van der Waals surface area (Å²) in [5, 5.41) is 10.7. The number of carbonyl (C=O) groups is 2. The Morgan fingerprint density at radius 3 is 2.79 bits per heavy atom. The van der Waals surface area contributed by atoms with Gasteiger partial charge in [-0.25, -0.2) is 9.37 Å². The molecule has 3 aliphatic heterocycles. The highest BCUT2D eigenvalue weighted by atomic mass is 35.5. The minimum absolute atomic E-state index is 0.0431. The van der Waals surface area contributed by atoms with Gasteiger partial charge in [-0.15, -0.1) is 0 Å². The molecule has 1 unspecified atom stereocenters. The van der Waals surface area contributed by atoms with Crippen LogP contribution in [0.25, 0.3) is 11.3 Å². The van der Waals surface area contributed by atoms with Crippen molar-refractivity contribution in [2.24, 2.45) is 0 Å². The van der Waals surface area contributed by atoms with Crippen LogP contribution in [0.2, 0.25) is 5.02 Å². The predicted octanol–water partition coefficient (Wildman–Crippen LogP) is 2.89. The number of phenols is 1. The van der Waals surface area contributed by atoms with Crippen LogP contribution in [0.15, 0.2) is 30.9 Å². The molecule has 1 N–H and O–H groups in total. The highest BCUT2D eigenvalue weighted by molar-refractivity contribution is 6.35. The van der Waals surface area contributed by atoms with Gasteiger partial charge in [0.25, 0.3) is 0 Å². The molecule has 1 aromatic carbocycles. The molecule has 0 radical (unpaired) electrons. The Balaban J connectivity index is 1.66. The number of aromatic hydroxyl groups is 1. The van der Waals surface area contributed by atoms with Gasteiger partial charge in [-0.05, 0) is 32.1 Å². The molecule has 202 valence electrons. The fourth-order valence-corrected chi connectivity index (χ4v) is 5.85. The summed E-state index contributed by atoms with van der Waals surface area (Å²) in [7, 11) is 1.76. The number of rotatable bonds is 3. The van der Waals surface area contributed by atoms with E-state index in [1.54, 1.807) is 16.8 Å². The number of halogens is 2. The molecule has 2 amide bonds. The summed E-state index contributed by atoms with van der Waals surface area (Å²) >= 11 is 6.86. The van der Waals surface area contributed by atoms with E-state index in [1.165, 1.54) is 24.3 Å². The van der Waals surface area contributed by atoms with E-state index in [9.17, 15) is 14.7 Å². The Morgan fingerprint density at radius 2 is 2.08 bits per heavy atom. The van der Waals surface area contributed by atoms with Gasteiger partial charge < -0.3 is 24.5 Å². The number of anilines is 1. The second-order valence-electron chi connectivity index (χ2n) is 10.6. The van der Waals surface area contributed by atoms with E-state index in [0.29, 0.717) is 49.9 Å². The highest BCUT2D eigenvalue weighted by Crippen LogP contribution is 2.47. The number of phenolic OH excluding ortho intramolecular Hbond substituents is 1. The number of hydrogen-bond donors (Lipinski definition) is 1. The van der Waals surface area contributed by atoms with Crippen LogP contribution in [0, 0.1) is 5.82 Å². The molecule has 0 spiro atoms. The lowest BCUT2D eigenvalue weighted by molar-refractivity contribution is -0.131. The van der Waals surface area contributed by atoms with Crippen molar-refractivity contribution in [3.8, 4) is 22.8 Å². The Hall–Kier alpha value is -3.37. The molecule has 9 nitrogen and oxygen atoms in total. The molecule has 2 saturated heterocycles. The molecular formula is C27H31ClFN5O4. The molecular weight excluding hydrogens is 513 g/mol. The average molecular weight is 544 g/mol. The third-order valence-corrected chi connectivity index (χ3v) is 7.95. The maximum Gasteiger partial charge on any atom is 0.246 e. The summed E-state index contributed by atoms with van der Waals surface area (Å²) in [5.41, 5.74) is 0.0905. The van der Waals surface area contributed by atoms with Crippen LogP contribution in [0.3, 0.4) is 0 Å². The largest absolute Gasteiger partial charge is 0.507 e. The van der Waals surface area contributed by atoms with Crippen molar-refractivity contribution >= 4 is 29.2 Å².